The smallest absolute Gasteiger partial charge is 0.0807 e. The second-order valence-corrected chi connectivity index (χ2v) is 4.02. The summed E-state index contributed by atoms with van der Waals surface area (Å²) in [6.07, 6.45) is 5.71. The van der Waals surface area contributed by atoms with Crippen molar-refractivity contribution in [2.45, 2.75) is 25.3 Å². The minimum Gasteiger partial charge on any atom is -0.285 e. The zero-order chi connectivity index (χ0) is 9.97. The minimum atomic E-state index is 0.463. The van der Waals surface area contributed by atoms with Crippen LogP contribution in [0.25, 0.3) is 0 Å². The molecule has 1 unspecified atom stereocenters. The van der Waals surface area contributed by atoms with Gasteiger partial charge in [0.1, 0.15) is 0 Å². The third-order valence-corrected chi connectivity index (χ3v) is 2.85. The Morgan fingerprint density at radius 2 is 2.36 bits per heavy atom. The maximum Gasteiger partial charge on any atom is 0.0807 e. The normalized spacial score (nSPS) is 24.4. The molecule has 4 heteroatoms. The van der Waals surface area contributed by atoms with Gasteiger partial charge in [0, 0.05) is 26.8 Å². The molecule has 1 aliphatic rings. The van der Waals surface area contributed by atoms with Crippen LogP contribution in [0, 0.1) is 0 Å². The molecule has 1 saturated heterocycles. The number of hydrogen-bond acceptors (Lipinski definition) is 3. The fourth-order valence-electron chi connectivity index (χ4n) is 2.15. The van der Waals surface area contributed by atoms with Gasteiger partial charge < -0.3 is 0 Å². The highest BCUT2D eigenvalue weighted by Gasteiger charge is 2.26. The lowest BCUT2D eigenvalue weighted by atomic mass is 10.0. The molecule has 1 fully saturated rings. The van der Waals surface area contributed by atoms with Crippen LogP contribution in [0.5, 0.6) is 0 Å². The van der Waals surface area contributed by atoms with Crippen molar-refractivity contribution in [3.8, 4) is 0 Å². The second-order valence-electron chi connectivity index (χ2n) is 4.02. The van der Waals surface area contributed by atoms with Crippen molar-refractivity contribution < 1.29 is 0 Å². The summed E-state index contributed by atoms with van der Waals surface area (Å²) in [5, 5.41) is 11.7. The zero-order valence-electron chi connectivity index (χ0n) is 8.90. The molecule has 2 rings (SSSR count). The van der Waals surface area contributed by atoms with Crippen molar-refractivity contribution in [1.29, 1.82) is 0 Å². The minimum absolute atomic E-state index is 0.463. The van der Waals surface area contributed by atoms with E-state index < -0.39 is 0 Å². The van der Waals surface area contributed by atoms with E-state index in [1.54, 1.807) is 0 Å². The van der Waals surface area contributed by atoms with E-state index in [0.717, 1.165) is 6.54 Å². The topological polar surface area (TPSA) is 35.2 Å². The Labute approximate surface area is 84.9 Å². The standard InChI is InChI=1S/C10H18N4/c1-13(2)14-8-4-3-5-10(14)9-6-7-11-12-9/h6-7,10H,3-5,8H2,1-2H3,(H,11,12). The number of hydrogen-bond donors (Lipinski definition) is 1. The van der Waals surface area contributed by atoms with Gasteiger partial charge in [-0.1, -0.05) is 6.42 Å². The third kappa shape index (κ3) is 1.81. The highest BCUT2D eigenvalue weighted by atomic mass is 15.6. The first kappa shape index (κ1) is 9.68. The molecule has 4 nitrogen and oxygen atoms in total. The van der Waals surface area contributed by atoms with Gasteiger partial charge in [-0.15, -0.1) is 0 Å². The van der Waals surface area contributed by atoms with Crippen LogP contribution in [-0.4, -0.2) is 40.9 Å². The molecule has 1 atom stereocenters. The molecule has 1 aromatic heterocycles. The van der Waals surface area contributed by atoms with Crippen molar-refractivity contribution in [1.82, 2.24) is 20.2 Å². The molecule has 0 spiro atoms. The second kappa shape index (κ2) is 4.11. The Morgan fingerprint density at radius 3 is 3.00 bits per heavy atom. The van der Waals surface area contributed by atoms with Crippen molar-refractivity contribution in [3.05, 3.63) is 18.0 Å². The van der Waals surface area contributed by atoms with E-state index in [-0.39, 0.29) is 0 Å². The van der Waals surface area contributed by atoms with Gasteiger partial charge in [0.2, 0.25) is 0 Å². The molecule has 0 aliphatic carbocycles. The summed E-state index contributed by atoms with van der Waals surface area (Å²) < 4.78 is 0. The van der Waals surface area contributed by atoms with E-state index in [4.69, 9.17) is 0 Å². The largest absolute Gasteiger partial charge is 0.285 e. The van der Waals surface area contributed by atoms with E-state index in [1.165, 1.54) is 25.0 Å². The van der Waals surface area contributed by atoms with Gasteiger partial charge in [-0.25, -0.2) is 10.0 Å². The quantitative estimate of drug-likeness (QED) is 0.773. The van der Waals surface area contributed by atoms with Gasteiger partial charge in [0.05, 0.1) is 11.7 Å². The van der Waals surface area contributed by atoms with E-state index in [9.17, 15) is 0 Å². The number of aromatic amines is 1. The van der Waals surface area contributed by atoms with Crippen molar-refractivity contribution in [2.75, 3.05) is 20.6 Å². The number of rotatable bonds is 2. The lowest BCUT2D eigenvalue weighted by Gasteiger charge is -2.38. The number of nitrogens with one attached hydrogen (secondary N) is 1. The fraction of sp³-hybridized carbons (Fsp3) is 0.700. The monoisotopic (exact) mass is 194 g/mol. The zero-order valence-corrected chi connectivity index (χ0v) is 8.90. The van der Waals surface area contributed by atoms with Crippen LogP contribution in [0.2, 0.25) is 0 Å². The Bertz CT molecular complexity index is 268. The first-order valence-corrected chi connectivity index (χ1v) is 5.22. The van der Waals surface area contributed by atoms with Crippen LogP contribution >= 0.6 is 0 Å². The maximum absolute atomic E-state index is 4.28. The average molecular weight is 194 g/mol. The van der Waals surface area contributed by atoms with E-state index in [0.29, 0.717) is 6.04 Å². The molecule has 78 valence electrons. The SMILES string of the molecule is CN(C)N1CCCCC1c1cc[nH]n1. The molecule has 0 bridgehead atoms. The van der Waals surface area contributed by atoms with Gasteiger partial charge in [0.15, 0.2) is 0 Å². The van der Waals surface area contributed by atoms with Crippen LogP contribution in [0.1, 0.15) is 31.0 Å². The lowest BCUT2D eigenvalue weighted by molar-refractivity contribution is -0.0427. The van der Waals surface area contributed by atoms with Gasteiger partial charge in [-0.2, -0.15) is 5.10 Å². The van der Waals surface area contributed by atoms with Gasteiger partial charge in [-0.05, 0) is 18.9 Å². The molecular weight excluding hydrogens is 176 g/mol. The van der Waals surface area contributed by atoms with Crippen LogP contribution in [0.15, 0.2) is 12.3 Å². The number of piperidine rings is 1. The number of hydrazine groups is 1. The Balaban J connectivity index is 2.14. The first-order chi connectivity index (χ1) is 6.79. The molecule has 1 N–H and O–H groups in total. The van der Waals surface area contributed by atoms with E-state index in [2.05, 4.69) is 40.4 Å². The molecule has 0 amide bonds. The summed E-state index contributed by atoms with van der Waals surface area (Å²) in [6.45, 7) is 1.14. The molecule has 2 heterocycles. The van der Waals surface area contributed by atoms with E-state index >= 15 is 0 Å². The highest BCUT2D eigenvalue weighted by Crippen LogP contribution is 2.29. The molecule has 1 aromatic rings. The number of H-pyrrole nitrogens is 1. The number of nitrogens with zero attached hydrogens (tertiary/aromatic N) is 3. The molecule has 0 aromatic carbocycles. The van der Waals surface area contributed by atoms with Crippen LogP contribution in [0.4, 0.5) is 0 Å². The third-order valence-electron chi connectivity index (χ3n) is 2.85. The summed E-state index contributed by atoms with van der Waals surface area (Å²) in [6, 6.07) is 2.54. The molecular formula is C10H18N4. The maximum atomic E-state index is 4.28. The highest BCUT2D eigenvalue weighted by molar-refractivity contribution is 5.05. The summed E-state index contributed by atoms with van der Waals surface area (Å²) >= 11 is 0. The number of aromatic nitrogens is 2. The van der Waals surface area contributed by atoms with Crippen molar-refractivity contribution >= 4 is 0 Å². The van der Waals surface area contributed by atoms with Crippen LogP contribution < -0.4 is 0 Å². The lowest BCUT2D eigenvalue weighted by Crippen LogP contribution is -2.43. The van der Waals surface area contributed by atoms with Crippen molar-refractivity contribution in [2.24, 2.45) is 0 Å². The van der Waals surface area contributed by atoms with Gasteiger partial charge in [0.25, 0.3) is 0 Å². The predicted molar refractivity (Wildman–Crippen MR) is 55.6 cm³/mol. The molecule has 1 aliphatic heterocycles. The van der Waals surface area contributed by atoms with Crippen LogP contribution in [0.3, 0.4) is 0 Å². The molecule has 0 saturated carbocycles. The molecule has 14 heavy (non-hydrogen) atoms. The summed E-state index contributed by atoms with van der Waals surface area (Å²) in [5.41, 5.74) is 1.17. The van der Waals surface area contributed by atoms with Gasteiger partial charge in [-0.3, -0.25) is 5.10 Å². The Hall–Kier alpha value is -0.870. The van der Waals surface area contributed by atoms with Crippen LogP contribution in [-0.2, 0) is 0 Å². The average Bonchev–Trinajstić information content (AvgIpc) is 2.70. The van der Waals surface area contributed by atoms with Crippen molar-refractivity contribution in [3.63, 3.8) is 0 Å². The van der Waals surface area contributed by atoms with Gasteiger partial charge >= 0.3 is 0 Å². The van der Waals surface area contributed by atoms with E-state index in [1.807, 2.05) is 6.20 Å². The summed E-state index contributed by atoms with van der Waals surface area (Å²) in [4.78, 5) is 0. The first-order valence-electron chi connectivity index (χ1n) is 5.22. The fourth-order valence-corrected chi connectivity index (χ4v) is 2.15. The Morgan fingerprint density at radius 1 is 1.50 bits per heavy atom. The summed E-state index contributed by atoms with van der Waals surface area (Å²) in [5.74, 6) is 0. The molecule has 0 radical (unpaired) electrons. The predicted octanol–water partition coefficient (Wildman–Crippen LogP) is 1.41. The summed E-state index contributed by atoms with van der Waals surface area (Å²) in [7, 11) is 4.20. The Kier molecular flexibility index (Phi) is 2.84.